The van der Waals surface area contributed by atoms with Crippen molar-refractivity contribution in [2.75, 3.05) is 26.0 Å². The number of hydrogen-bond donors (Lipinski definition) is 2. The molecule has 0 aliphatic rings. The molecule has 3 aromatic carbocycles. The number of hydrogen-bond acceptors (Lipinski definition) is 6. The van der Waals surface area contributed by atoms with Crippen molar-refractivity contribution in [1.82, 2.24) is 10.3 Å². The highest BCUT2D eigenvalue weighted by Crippen LogP contribution is 2.31. The van der Waals surface area contributed by atoms with Crippen molar-refractivity contribution in [3.63, 3.8) is 0 Å². The molecule has 1 heterocycles. The predicted octanol–water partition coefficient (Wildman–Crippen LogP) is 5.00. The van der Waals surface area contributed by atoms with Crippen LogP contribution >= 0.6 is 0 Å². The Kier molecular flexibility index (Phi) is 8.57. The number of fused-ring (bicyclic) bond motifs is 1. The van der Waals surface area contributed by atoms with Crippen molar-refractivity contribution in [3.05, 3.63) is 90.3 Å². The van der Waals surface area contributed by atoms with Gasteiger partial charge in [-0.25, -0.2) is 0 Å². The Morgan fingerprint density at radius 2 is 1.82 bits per heavy atom. The standard InChI is InChI=1S/C15H17NO2.C12H10N2O2/c1-11-8-12(17-3)10-13(9-11)18-15-7-5-4-6-14(15)16-2;15-7-6-14-12(16)10-3-1-2-9-4-5-13-8-11(9)10/h4-10,16H,1-3H3;1-5,7-8H,6H2,(H,14,16). The van der Waals surface area contributed by atoms with Crippen molar-refractivity contribution in [2.24, 2.45) is 0 Å². The third-order valence-corrected chi connectivity index (χ3v) is 4.92. The summed E-state index contributed by atoms with van der Waals surface area (Å²) in [6, 6.07) is 20.9. The summed E-state index contributed by atoms with van der Waals surface area (Å²) in [4.78, 5) is 25.9. The molecule has 0 aliphatic heterocycles. The molecule has 1 aromatic heterocycles. The number of nitrogens with zero attached hydrogens (tertiary/aromatic N) is 1. The first-order valence-corrected chi connectivity index (χ1v) is 10.7. The van der Waals surface area contributed by atoms with E-state index in [1.807, 2.05) is 68.6 Å². The Hall–Kier alpha value is -4.39. The highest BCUT2D eigenvalue weighted by molar-refractivity contribution is 6.07. The molecule has 0 bridgehead atoms. The van der Waals surface area contributed by atoms with E-state index in [9.17, 15) is 9.59 Å². The molecule has 34 heavy (non-hydrogen) atoms. The summed E-state index contributed by atoms with van der Waals surface area (Å²) in [5, 5.41) is 7.35. The van der Waals surface area contributed by atoms with Crippen molar-refractivity contribution >= 4 is 28.7 Å². The van der Waals surface area contributed by atoms with Gasteiger partial charge in [0.1, 0.15) is 23.5 Å². The van der Waals surface area contributed by atoms with Crippen LogP contribution in [-0.2, 0) is 4.79 Å². The minimum absolute atomic E-state index is 0.0233. The van der Waals surface area contributed by atoms with Gasteiger partial charge in [-0.1, -0.05) is 24.3 Å². The van der Waals surface area contributed by atoms with Crippen LogP contribution in [0.4, 0.5) is 5.69 Å². The molecule has 0 atom stereocenters. The Bertz CT molecular complexity index is 1270. The quantitative estimate of drug-likeness (QED) is 0.380. The monoisotopic (exact) mass is 457 g/mol. The molecule has 0 fully saturated rings. The normalized spacial score (nSPS) is 9.97. The Morgan fingerprint density at radius 1 is 1.03 bits per heavy atom. The molecule has 0 spiro atoms. The first-order chi connectivity index (χ1) is 16.5. The maximum atomic E-state index is 11.7. The number of aryl methyl sites for hydroxylation is 1. The molecule has 0 saturated heterocycles. The number of amides is 1. The SMILES string of the molecule is CNc1ccccc1Oc1cc(C)cc(OC)c1.O=CCNC(=O)c1cccc2ccncc12. The summed E-state index contributed by atoms with van der Waals surface area (Å²) in [6.45, 7) is 2.04. The van der Waals surface area contributed by atoms with Crippen LogP contribution in [0.15, 0.2) is 79.1 Å². The first kappa shape index (κ1) is 24.3. The van der Waals surface area contributed by atoms with Crippen LogP contribution in [-0.4, -0.2) is 37.9 Å². The van der Waals surface area contributed by atoms with E-state index in [0.29, 0.717) is 11.8 Å². The molecule has 1 amide bonds. The van der Waals surface area contributed by atoms with Crippen LogP contribution in [0.25, 0.3) is 10.8 Å². The molecule has 0 aliphatic carbocycles. The molecular formula is C27H27N3O4. The van der Waals surface area contributed by atoms with Gasteiger partial charge in [0.2, 0.25) is 0 Å². The third-order valence-electron chi connectivity index (χ3n) is 4.92. The summed E-state index contributed by atoms with van der Waals surface area (Å²) in [6.07, 6.45) is 3.97. The van der Waals surface area contributed by atoms with Crippen LogP contribution in [0.5, 0.6) is 17.2 Å². The summed E-state index contributed by atoms with van der Waals surface area (Å²) >= 11 is 0. The Balaban J connectivity index is 0.000000192. The fraction of sp³-hybridized carbons (Fsp3) is 0.148. The average Bonchev–Trinajstić information content (AvgIpc) is 2.87. The number of carbonyl (C=O) groups excluding carboxylic acids is 2. The molecule has 4 aromatic rings. The van der Waals surface area contributed by atoms with Gasteiger partial charge in [-0.3, -0.25) is 9.78 Å². The maximum Gasteiger partial charge on any atom is 0.252 e. The van der Waals surface area contributed by atoms with Crippen LogP contribution in [0.3, 0.4) is 0 Å². The fourth-order valence-corrected chi connectivity index (χ4v) is 3.32. The zero-order valence-electron chi connectivity index (χ0n) is 19.4. The van der Waals surface area contributed by atoms with Gasteiger partial charge >= 0.3 is 0 Å². The molecule has 7 heteroatoms. The number of benzene rings is 3. The van der Waals surface area contributed by atoms with Gasteiger partial charge in [-0.05, 0) is 54.3 Å². The number of pyridine rings is 1. The van der Waals surface area contributed by atoms with Crippen molar-refractivity contribution in [3.8, 4) is 17.2 Å². The number of nitrogens with one attached hydrogen (secondary N) is 2. The molecular weight excluding hydrogens is 430 g/mol. The minimum Gasteiger partial charge on any atom is -0.497 e. The van der Waals surface area contributed by atoms with Gasteiger partial charge in [-0.2, -0.15) is 0 Å². The molecule has 0 unspecified atom stereocenters. The molecule has 174 valence electrons. The van der Waals surface area contributed by atoms with E-state index in [1.54, 1.807) is 31.6 Å². The van der Waals surface area contributed by atoms with Crippen LogP contribution in [0.1, 0.15) is 15.9 Å². The maximum absolute atomic E-state index is 11.7. The van der Waals surface area contributed by atoms with E-state index in [-0.39, 0.29) is 12.5 Å². The van der Waals surface area contributed by atoms with Gasteiger partial charge in [0, 0.05) is 36.5 Å². The van der Waals surface area contributed by atoms with Gasteiger partial charge in [0.25, 0.3) is 5.91 Å². The lowest BCUT2D eigenvalue weighted by Crippen LogP contribution is -2.25. The summed E-state index contributed by atoms with van der Waals surface area (Å²) in [5.41, 5.74) is 2.59. The number of carbonyl (C=O) groups is 2. The van der Waals surface area contributed by atoms with Gasteiger partial charge in [0.05, 0.1) is 19.3 Å². The number of aromatic nitrogens is 1. The van der Waals surface area contributed by atoms with Crippen molar-refractivity contribution in [2.45, 2.75) is 6.92 Å². The third kappa shape index (κ3) is 6.32. The summed E-state index contributed by atoms with van der Waals surface area (Å²) in [7, 11) is 3.53. The van der Waals surface area contributed by atoms with Crippen LogP contribution in [0, 0.1) is 6.92 Å². The molecule has 2 N–H and O–H groups in total. The number of rotatable bonds is 7. The molecule has 0 radical (unpaired) electrons. The smallest absolute Gasteiger partial charge is 0.252 e. The highest BCUT2D eigenvalue weighted by Gasteiger charge is 2.08. The number of aldehydes is 1. The van der Waals surface area contributed by atoms with Crippen molar-refractivity contribution < 1.29 is 19.1 Å². The largest absolute Gasteiger partial charge is 0.497 e. The van der Waals surface area contributed by atoms with Gasteiger partial charge in [0.15, 0.2) is 0 Å². The average molecular weight is 458 g/mol. The van der Waals surface area contributed by atoms with E-state index < -0.39 is 0 Å². The van der Waals surface area contributed by atoms with Crippen molar-refractivity contribution in [1.29, 1.82) is 0 Å². The second-order valence-electron chi connectivity index (χ2n) is 7.31. The van der Waals surface area contributed by atoms with E-state index in [0.717, 1.165) is 39.3 Å². The number of anilines is 1. The second kappa shape index (κ2) is 12.0. The zero-order chi connectivity index (χ0) is 24.3. The van der Waals surface area contributed by atoms with Crippen LogP contribution < -0.4 is 20.1 Å². The van der Waals surface area contributed by atoms with E-state index in [4.69, 9.17) is 9.47 Å². The number of ether oxygens (including phenoxy) is 2. The Labute approximate surface area is 198 Å². The lowest BCUT2D eigenvalue weighted by Gasteiger charge is -2.12. The lowest BCUT2D eigenvalue weighted by atomic mass is 10.1. The summed E-state index contributed by atoms with van der Waals surface area (Å²) in [5.74, 6) is 2.11. The van der Waals surface area contributed by atoms with E-state index in [2.05, 4.69) is 15.6 Å². The zero-order valence-corrected chi connectivity index (χ0v) is 19.4. The van der Waals surface area contributed by atoms with E-state index >= 15 is 0 Å². The molecule has 4 rings (SSSR count). The van der Waals surface area contributed by atoms with Crippen LogP contribution in [0.2, 0.25) is 0 Å². The molecule has 7 nitrogen and oxygen atoms in total. The Morgan fingerprint density at radius 3 is 2.59 bits per heavy atom. The van der Waals surface area contributed by atoms with Gasteiger partial charge < -0.3 is 24.9 Å². The predicted molar refractivity (Wildman–Crippen MR) is 134 cm³/mol. The lowest BCUT2D eigenvalue weighted by molar-refractivity contribution is -0.107. The number of para-hydroxylation sites is 2. The molecule has 0 saturated carbocycles. The number of methoxy groups -OCH3 is 1. The topological polar surface area (TPSA) is 89.5 Å². The summed E-state index contributed by atoms with van der Waals surface area (Å²) < 4.78 is 11.1. The highest BCUT2D eigenvalue weighted by atomic mass is 16.5. The van der Waals surface area contributed by atoms with Gasteiger partial charge in [-0.15, -0.1) is 0 Å². The second-order valence-corrected chi connectivity index (χ2v) is 7.31. The fourth-order valence-electron chi connectivity index (χ4n) is 3.32. The first-order valence-electron chi connectivity index (χ1n) is 10.7. The minimum atomic E-state index is -0.259. The van der Waals surface area contributed by atoms with E-state index in [1.165, 1.54) is 0 Å².